The van der Waals surface area contributed by atoms with Crippen LogP contribution in [-0.2, 0) is 12.3 Å². The van der Waals surface area contributed by atoms with Crippen molar-refractivity contribution in [1.29, 1.82) is 0 Å². The Labute approximate surface area is 172 Å². The minimum atomic E-state index is -0.101. The number of hydrogen-bond donors (Lipinski definition) is 2. The summed E-state index contributed by atoms with van der Waals surface area (Å²) in [5, 5.41) is 12.0. The lowest BCUT2D eigenvalue weighted by atomic mass is 10.1. The Kier molecular flexibility index (Phi) is 4.77. The van der Waals surface area contributed by atoms with E-state index >= 15 is 0 Å². The first-order valence-electron chi connectivity index (χ1n) is 9.60. The molecule has 5 rings (SSSR count). The van der Waals surface area contributed by atoms with E-state index in [0.717, 1.165) is 40.4 Å². The monoisotopic (exact) mass is 404 g/mol. The van der Waals surface area contributed by atoms with Gasteiger partial charge in [-0.25, -0.2) is 4.98 Å². The summed E-state index contributed by atoms with van der Waals surface area (Å²) in [7, 11) is 0. The molecule has 8 heteroatoms. The molecule has 2 N–H and O–H groups in total. The van der Waals surface area contributed by atoms with Gasteiger partial charge in [-0.15, -0.1) is 10.2 Å². The Hall–Kier alpha value is -3.13. The van der Waals surface area contributed by atoms with E-state index in [0.29, 0.717) is 23.9 Å². The zero-order valence-corrected chi connectivity index (χ0v) is 16.5. The van der Waals surface area contributed by atoms with Crippen LogP contribution in [0.25, 0.3) is 11.0 Å². The van der Waals surface area contributed by atoms with Crippen molar-refractivity contribution in [2.45, 2.75) is 36.3 Å². The fourth-order valence-corrected chi connectivity index (χ4v) is 4.21. The van der Waals surface area contributed by atoms with Crippen molar-refractivity contribution >= 4 is 28.7 Å². The van der Waals surface area contributed by atoms with Gasteiger partial charge in [0.2, 0.25) is 0 Å². The molecule has 2 heterocycles. The molecule has 1 aliphatic carbocycles. The number of para-hydroxylation sites is 2. The summed E-state index contributed by atoms with van der Waals surface area (Å²) in [6.07, 6.45) is 4.05. The van der Waals surface area contributed by atoms with E-state index in [9.17, 15) is 4.79 Å². The lowest BCUT2D eigenvalue weighted by Gasteiger charge is -2.10. The van der Waals surface area contributed by atoms with Crippen LogP contribution in [0.4, 0.5) is 0 Å². The number of H-pyrrole nitrogens is 1. The smallest absolute Gasteiger partial charge is 0.251 e. The van der Waals surface area contributed by atoms with Crippen LogP contribution in [0.3, 0.4) is 0 Å². The molecule has 1 fully saturated rings. The number of aromatic amines is 1. The van der Waals surface area contributed by atoms with E-state index in [-0.39, 0.29) is 5.91 Å². The zero-order chi connectivity index (χ0) is 19.6. The van der Waals surface area contributed by atoms with Crippen LogP contribution in [0.2, 0.25) is 0 Å². The minimum absolute atomic E-state index is 0.101. The lowest BCUT2D eigenvalue weighted by molar-refractivity contribution is 0.0948. The van der Waals surface area contributed by atoms with E-state index in [2.05, 4.69) is 30.0 Å². The third kappa shape index (κ3) is 3.88. The predicted octanol–water partition coefficient (Wildman–Crippen LogP) is 3.71. The maximum atomic E-state index is 12.8. The van der Waals surface area contributed by atoms with E-state index < -0.39 is 0 Å². The molecule has 1 aliphatic rings. The van der Waals surface area contributed by atoms with E-state index in [1.165, 1.54) is 0 Å². The largest absolute Gasteiger partial charge is 0.345 e. The third-order valence-electron chi connectivity index (χ3n) is 4.99. The van der Waals surface area contributed by atoms with Gasteiger partial charge >= 0.3 is 0 Å². The topological polar surface area (TPSA) is 88.5 Å². The van der Waals surface area contributed by atoms with E-state index in [1.54, 1.807) is 18.1 Å². The summed E-state index contributed by atoms with van der Waals surface area (Å²) in [6.45, 7) is 0.375. The predicted molar refractivity (Wildman–Crippen MR) is 112 cm³/mol. The third-order valence-corrected chi connectivity index (χ3v) is 5.91. The highest BCUT2D eigenvalue weighted by molar-refractivity contribution is 7.98. The van der Waals surface area contributed by atoms with Crippen LogP contribution in [0, 0.1) is 0 Å². The number of nitrogens with zero attached hydrogens (tertiary/aromatic N) is 4. The summed E-state index contributed by atoms with van der Waals surface area (Å²) in [4.78, 5) is 20.7. The number of imidazole rings is 1. The highest BCUT2D eigenvalue weighted by Gasteiger charge is 2.26. The molecule has 146 valence electrons. The number of hydrogen-bond acceptors (Lipinski definition) is 5. The molecule has 0 aliphatic heterocycles. The van der Waals surface area contributed by atoms with Crippen molar-refractivity contribution in [3.05, 3.63) is 71.8 Å². The average molecular weight is 404 g/mol. The van der Waals surface area contributed by atoms with Gasteiger partial charge < -0.3 is 14.9 Å². The van der Waals surface area contributed by atoms with Crippen molar-refractivity contribution < 1.29 is 4.79 Å². The van der Waals surface area contributed by atoms with Gasteiger partial charge in [0, 0.05) is 17.4 Å². The summed E-state index contributed by atoms with van der Waals surface area (Å²) in [6, 6.07) is 16.1. The number of carbonyl (C=O) groups is 1. The molecule has 0 bridgehead atoms. The standard InChI is InChI=1S/C21H20N6OS/c28-20(22-11-19-26-23-13-27(19)15-9-10-15)16-6-2-1-5-14(16)12-29-21-24-17-7-3-4-8-18(17)25-21/h1-8,13,15H,9-12H2,(H,22,28)(H,24,25). The molecule has 0 saturated heterocycles. The van der Waals surface area contributed by atoms with Crippen LogP contribution in [0.1, 0.15) is 40.6 Å². The molecular weight excluding hydrogens is 384 g/mol. The molecule has 0 spiro atoms. The molecule has 0 atom stereocenters. The van der Waals surface area contributed by atoms with E-state index in [4.69, 9.17) is 0 Å². The lowest BCUT2D eigenvalue weighted by Crippen LogP contribution is -2.25. The van der Waals surface area contributed by atoms with Crippen molar-refractivity contribution in [1.82, 2.24) is 30.0 Å². The minimum Gasteiger partial charge on any atom is -0.345 e. The van der Waals surface area contributed by atoms with Gasteiger partial charge in [0.15, 0.2) is 11.0 Å². The van der Waals surface area contributed by atoms with Crippen LogP contribution >= 0.6 is 11.8 Å². The number of nitrogens with one attached hydrogen (secondary N) is 2. The van der Waals surface area contributed by atoms with Gasteiger partial charge in [-0.3, -0.25) is 4.79 Å². The van der Waals surface area contributed by atoms with Crippen molar-refractivity contribution in [3.8, 4) is 0 Å². The number of amides is 1. The first kappa shape index (κ1) is 17.9. The maximum absolute atomic E-state index is 12.8. The van der Waals surface area contributed by atoms with Crippen LogP contribution < -0.4 is 5.32 Å². The molecule has 29 heavy (non-hydrogen) atoms. The molecule has 2 aromatic heterocycles. The second-order valence-electron chi connectivity index (χ2n) is 7.07. The SMILES string of the molecule is O=C(NCc1nncn1C1CC1)c1ccccc1CSc1nc2ccccc2[nH]1. The van der Waals surface area contributed by atoms with Gasteiger partial charge in [0.25, 0.3) is 5.91 Å². The second kappa shape index (κ2) is 7.71. The quantitative estimate of drug-likeness (QED) is 0.459. The van der Waals surface area contributed by atoms with Crippen LogP contribution in [-0.4, -0.2) is 30.6 Å². The van der Waals surface area contributed by atoms with Crippen molar-refractivity contribution in [2.24, 2.45) is 0 Å². The van der Waals surface area contributed by atoms with Gasteiger partial charge in [-0.2, -0.15) is 0 Å². The first-order chi connectivity index (χ1) is 14.3. The molecule has 0 unspecified atom stereocenters. The fraction of sp³-hybridized carbons (Fsp3) is 0.238. The molecule has 2 aromatic carbocycles. The summed E-state index contributed by atoms with van der Waals surface area (Å²) < 4.78 is 2.06. The number of thioether (sulfide) groups is 1. The summed E-state index contributed by atoms with van der Waals surface area (Å²) in [5.74, 6) is 1.35. The number of aromatic nitrogens is 5. The summed E-state index contributed by atoms with van der Waals surface area (Å²) >= 11 is 1.59. The highest BCUT2D eigenvalue weighted by atomic mass is 32.2. The summed E-state index contributed by atoms with van der Waals surface area (Å²) in [5.41, 5.74) is 3.61. The Morgan fingerprint density at radius 2 is 2.00 bits per heavy atom. The molecule has 4 aromatic rings. The molecule has 0 radical (unpaired) electrons. The Balaban J connectivity index is 1.26. The number of carbonyl (C=O) groups excluding carboxylic acids is 1. The Morgan fingerprint density at radius 3 is 2.86 bits per heavy atom. The highest BCUT2D eigenvalue weighted by Crippen LogP contribution is 2.35. The number of rotatable bonds is 7. The average Bonchev–Trinajstić information content (AvgIpc) is 3.33. The van der Waals surface area contributed by atoms with Crippen molar-refractivity contribution in [3.63, 3.8) is 0 Å². The van der Waals surface area contributed by atoms with Crippen LogP contribution in [0.15, 0.2) is 60.0 Å². The van der Waals surface area contributed by atoms with Crippen LogP contribution in [0.5, 0.6) is 0 Å². The number of fused-ring (bicyclic) bond motifs is 1. The molecular formula is C21H20N6OS. The van der Waals surface area contributed by atoms with Crippen molar-refractivity contribution in [2.75, 3.05) is 0 Å². The number of benzene rings is 2. The second-order valence-corrected chi connectivity index (χ2v) is 8.04. The van der Waals surface area contributed by atoms with Gasteiger partial charge in [0.05, 0.1) is 17.6 Å². The molecule has 7 nitrogen and oxygen atoms in total. The fourth-order valence-electron chi connectivity index (χ4n) is 3.32. The van der Waals surface area contributed by atoms with Gasteiger partial charge in [-0.1, -0.05) is 42.1 Å². The molecule has 1 saturated carbocycles. The van der Waals surface area contributed by atoms with Gasteiger partial charge in [-0.05, 0) is 36.6 Å². The Bertz CT molecular complexity index is 1130. The van der Waals surface area contributed by atoms with Gasteiger partial charge in [0.1, 0.15) is 6.33 Å². The van der Waals surface area contributed by atoms with E-state index in [1.807, 2.05) is 48.5 Å². The Morgan fingerprint density at radius 1 is 1.17 bits per heavy atom. The maximum Gasteiger partial charge on any atom is 0.251 e. The first-order valence-corrected chi connectivity index (χ1v) is 10.6. The zero-order valence-electron chi connectivity index (χ0n) is 15.7. The molecule has 1 amide bonds. The normalized spacial score (nSPS) is 13.7.